The minimum absolute atomic E-state index is 0.0163. The fraction of sp³-hybridized carbons (Fsp3) is 0.421. The minimum atomic E-state index is -0.0163. The Balaban J connectivity index is 1.55. The zero-order valence-corrected chi connectivity index (χ0v) is 14.0. The van der Waals surface area contributed by atoms with Gasteiger partial charge in [0.2, 0.25) is 0 Å². The van der Waals surface area contributed by atoms with Gasteiger partial charge in [-0.25, -0.2) is 4.98 Å². The van der Waals surface area contributed by atoms with E-state index in [-0.39, 0.29) is 18.1 Å². The van der Waals surface area contributed by atoms with E-state index in [1.54, 1.807) is 18.5 Å². The zero-order valence-electron chi connectivity index (χ0n) is 14.0. The Kier molecular flexibility index (Phi) is 4.61. The van der Waals surface area contributed by atoms with Crippen LogP contribution in [0.25, 0.3) is 0 Å². The molecular formula is C19H22N4O2. The van der Waals surface area contributed by atoms with Crippen molar-refractivity contribution in [2.24, 2.45) is 5.92 Å². The number of aromatic nitrogens is 2. The second-order valence-electron chi connectivity index (χ2n) is 6.63. The standard InChI is InChI=1S/C19H22N4O2/c24-19(15-7-1-3-9-20-15)23-12-14-6-5-11-25-18(14)16(13-23)22-17-8-2-4-10-21-17/h1-4,7-10,14,16,18H,5-6,11-13H2,(H,21,22)/t14-,16+,18-/m0/s1. The molecule has 0 unspecified atom stereocenters. The van der Waals surface area contributed by atoms with Crippen LogP contribution in [0.2, 0.25) is 0 Å². The topological polar surface area (TPSA) is 67.4 Å². The summed E-state index contributed by atoms with van der Waals surface area (Å²) < 4.78 is 6.06. The van der Waals surface area contributed by atoms with E-state index in [1.165, 1.54) is 0 Å². The first-order valence-corrected chi connectivity index (χ1v) is 8.81. The molecule has 3 atom stereocenters. The lowest BCUT2D eigenvalue weighted by Gasteiger charge is -2.46. The number of hydrogen-bond donors (Lipinski definition) is 1. The molecule has 6 nitrogen and oxygen atoms in total. The van der Waals surface area contributed by atoms with Gasteiger partial charge in [-0.1, -0.05) is 12.1 Å². The molecule has 2 aromatic rings. The molecule has 2 saturated heterocycles. The van der Waals surface area contributed by atoms with Crippen molar-refractivity contribution in [3.05, 3.63) is 54.5 Å². The molecule has 0 aromatic carbocycles. The number of fused-ring (bicyclic) bond motifs is 1. The lowest BCUT2D eigenvalue weighted by molar-refractivity contribution is -0.0676. The van der Waals surface area contributed by atoms with Gasteiger partial charge in [-0.2, -0.15) is 0 Å². The van der Waals surface area contributed by atoms with Crippen molar-refractivity contribution in [3.8, 4) is 0 Å². The zero-order chi connectivity index (χ0) is 17.1. The van der Waals surface area contributed by atoms with Crippen molar-refractivity contribution in [2.45, 2.75) is 25.0 Å². The molecule has 4 rings (SSSR count). The number of rotatable bonds is 3. The average molecular weight is 338 g/mol. The highest BCUT2D eigenvalue weighted by Gasteiger charge is 2.41. The summed E-state index contributed by atoms with van der Waals surface area (Å²) >= 11 is 0. The van der Waals surface area contributed by atoms with Gasteiger partial charge in [0.05, 0.1) is 12.1 Å². The number of anilines is 1. The van der Waals surface area contributed by atoms with E-state index in [0.29, 0.717) is 18.2 Å². The summed E-state index contributed by atoms with van der Waals surface area (Å²) in [4.78, 5) is 23.3. The molecule has 130 valence electrons. The van der Waals surface area contributed by atoms with Gasteiger partial charge in [-0.15, -0.1) is 0 Å². The number of nitrogens with zero attached hydrogens (tertiary/aromatic N) is 3. The van der Waals surface area contributed by atoms with E-state index in [9.17, 15) is 4.79 Å². The summed E-state index contributed by atoms with van der Waals surface area (Å²) in [6.07, 6.45) is 5.66. The number of amides is 1. The van der Waals surface area contributed by atoms with Crippen molar-refractivity contribution in [2.75, 3.05) is 25.0 Å². The summed E-state index contributed by atoms with van der Waals surface area (Å²) in [6.45, 7) is 2.10. The molecule has 0 saturated carbocycles. The van der Waals surface area contributed by atoms with E-state index in [4.69, 9.17) is 4.74 Å². The molecule has 2 fully saturated rings. The van der Waals surface area contributed by atoms with Gasteiger partial charge < -0.3 is 15.0 Å². The summed E-state index contributed by atoms with van der Waals surface area (Å²) in [5.41, 5.74) is 0.495. The Labute approximate surface area is 147 Å². The van der Waals surface area contributed by atoms with Crippen LogP contribution >= 0.6 is 0 Å². The third-order valence-electron chi connectivity index (χ3n) is 4.93. The van der Waals surface area contributed by atoms with Crippen molar-refractivity contribution in [1.29, 1.82) is 0 Å². The Bertz CT molecular complexity index is 710. The van der Waals surface area contributed by atoms with Crippen molar-refractivity contribution in [3.63, 3.8) is 0 Å². The van der Waals surface area contributed by atoms with Gasteiger partial charge in [0.25, 0.3) is 5.91 Å². The first-order chi connectivity index (χ1) is 12.3. The molecule has 6 heteroatoms. The van der Waals surface area contributed by atoms with E-state index >= 15 is 0 Å². The van der Waals surface area contributed by atoms with Crippen molar-refractivity contribution in [1.82, 2.24) is 14.9 Å². The predicted octanol–water partition coefficient (Wildman–Crippen LogP) is 2.21. The quantitative estimate of drug-likeness (QED) is 0.929. The highest BCUT2D eigenvalue weighted by Crippen LogP contribution is 2.30. The highest BCUT2D eigenvalue weighted by atomic mass is 16.5. The Morgan fingerprint density at radius 1 is 1.12 bits per heavy atom. The van der Waals surface area contributed by atoms with Gasteiger partial charge in [-0.05, 0) is 37.1 Å². The normalized spacial score (nSPS) is 25.9. The van der Waals surface area contributed by atoms with Crippen LogP contribution in [0.15, 0.2) is 48.8 Å². The third kappa shape index (κ3) is 3.49. The molecule has 4 heterocycles. The smallest absolute Gasteiger partial charge is 0.272 e. The number of piperidine rings is 1. The van der Waals surface area contributed by atoms with Gasteiger partial charge in [-0.3, -0.25) is 9.78 Å². The number of carbonyl (C=O) groups excluding carboxylic acids is 1. The van der Waals surface area contributed by atoms with Crippen LogP contribution in [0.1, 0.15) is 23.3 Å². The summed E-state index contributed by atoms with van der Waals surface area (Å²) in [6, 6.07) is 11.3. The van der Waals surface area contributed by atoms with E-state index in [1.807, 2.05) is 35.2 Å². The summed E-state index contributed by atoms with van der Waals surface area (Å²) in [7, 11) is 0. The van der Waals surface area contributed by atoms with Crippen LogP contribution in [-0.4, -0.2) is 52.6 Å². The Morgan fingerprint density at radius 3 is 2.72 bits per heavy atom. The third-order valence-corrected chi connectivity index (χ3v) is 4.93. The summed E-state index contributed by atoms with van der Waals surface area (Å²) in [5, 5.41) is 3.47. The molecule has 1 N–H and O–H groups in total. The molecule has 0 radical (unpaired) electrons. The maximum absolute atomic E-state index is 12.9. The second kappa shape index (κ2) is 7.19. The van der Waals surface area contributed by atoms with Gasteiger partial charge in [0.1, 0.15) is 11.5 Å². The molecule has 0 bridgehead atoms. The molecule has 0 aliphatic carbocycles. The lowest BCUT2D eigenvalue weighted by Crippen LogP contribution is -2.59. The number of pyridine rings is 2. The highest BCUT2D eigenvalue weighted by molar-refractivity contribution is 5.92. The first kappa shape index (κ1) is 16.0. The maximum atomic E-state index is 12.9. The molecule has 2 aromatic heterocycles. The fourth-order valence-electron chi connectivity index (χ4n) is 3.79. The molecular weight excluding hydrogens is 316 g/mol. The Hall–Kier alpha value is -2.47. The minimum Gasteiger partial charge on any atom is -0.376 e. The lowest BCUT2D eigenvalue weighted by atomic mass is 9.85. The first-order valence-electron chi connectivity index (χ1n) is 8.81. The average Bonchev–Trinajstić information content (AvgIpc) is 2.69. The van der Waals surface area contributed by atoms with Crippen LogP contribution < -0.4 is 5.32 Å². The van der Waals surface area contributed by atoms with Gasteiger partial charge in [0.15, 0.2) is 0 Å². The van der Waals surface area contributed by atoms with E-state index in [0.717, 1.165) is 31.8 Å². The molecule has 1 amide bonds. The van der Waals surface area contributed by atoms with E-state index < -0.39 is 0 Å². The van der Waals surface area contributed by atoms with Gasteiger partial charge >= 0.3 is 0 Å². The van der Waals surface area contributed by atoms with Crippen LogP contribution in [0.5, 0.6) is 0 Å². The number of carbonyl (C=O) groups is 1. The van der Waals surface area contributed by atoms with Crippen LogP contribution in [0, 0.1) is 5.92 Å². The monoisotopic (exact) mass is 338 g/mol. The molecule has 2 aliphatic rings. The number of ether oxygens (including phenoxy) is 1. The molecule has 2 aliphatic heterocycles. The largest absolute Gasteiger partial charge is 0.376 e. The Morgan fingerprint density at radius 2 is 1.96 bits per heavy atom. The maximum Gasteiger partial charge on any atom is 0.272 e. The number of nitrogens with one attached hydrogen (secondary N) is 1. The van der Waals surface area contributed by atoms with Gasteiger partial charge in [0, 0.05) is 38.0 Å². The van der Waals surface area contributed by atoms with E-state index in [2.05, 4.69) is 15.3 Å². The SMILES string of the molecule is O=C(c1ccccn1)N1C[C@@H]2CCCO[C@@H]2[C@H](Nc2ccccn2)C1. The van der Waals surface area contributed by atoms with Crippen LogP contribution in [0.3, 0.4) is 0 Å². The van der Waals surface area contributed by atoms with Crippen molar-refractivity contribution >= 4 is 11.7 Å². The molecule has 25 heavy (non-hydrogen) atoms. The summed E-state index contributed by atoms with van der Waals surface area (Å²) in [5.74, 6) is 1.14. The second-order valence-corrected chi connectivity index (χ2v) is 6.63. The number of likely N-dealkylation sites (tertiary alicyclic amines) is 1. The van der Waals surface area contributed by atoms with Crippen LogP contribution in [-0.2, 0) is 4.74 Å². The van der Waals surface area contributed by atoms with Crippen molar-refractivity contribution < 1.29 is 9.53 Å². The number of hydrogen-bond acceptors (Lipinski definition) is 5. The van der Waals surface area contributed by atoms with Crippen LogP contribution in [0.4, 0.5) is 5.82 Å². The molecule has 0 spiro atoms. The fourth-order valence-corrected chi connectivity index (χ4v) is 3.79. The predicted molar refractivity (Wildman–Crippen MR) is 94.3 cm³/mol.